The Hall–Kier alpha value is -3.39. The first-order chi connectivity index (χ1) is 16.3. The molecule has 1 N–H and O–H groups in total. The van der Waals surface area contributed by atoms with E-state index in [1.807, 2.05) is 57.2 Å². The van der Waals surface area contributed by atoms with E-state index in [1.54, 1.807) is 11.0 Å². The van der Waals surface area contributed by atoms with Crippen LogP contribution in [0.2, 0.25) is 0 Å². The second kappa shape index (κ2) is 10.3. The van der Waals surface area contributed by atoms with Gasteiger partial charge in [-0.25, -0.2) is 4.79 Å². The van der Waals surface area contributed by atoms with Crippen LogP contribution in [0.4, 0.5) is 4.79 Å². The topological polar surface area (TPSA) is 84.6 Å². The van der Waals surface area contributed by atoms with Gasteiger partial charge in [0.05, 0.1) is 10.9 Å². The van der Waals surface area contributed by atoms with Gasteiger partial charge in [0.15, 0.2) is 5.75 Å². The van der Waals surface area contributed by atoms with Crippen LogP contribution in [-0.4, -0.2) is 66.0 Å². The first-order valence-electron chi connectivity index (χ1n) is 11.5. The van der Waals surface area contributed by atoms with Crippen LogP contribution in [0.25, 0.3) is 11.0 Å². The second-order valence-corrected chi connectivity index (χ2v) is 9.29. The van der Waals surface area contributed by atoms with Gasteiger partial charge in [-0.1, -0.05) is 18.2 Å². The Kier molecular flexibility index (Phi) is 7.17. The summed E-state index contributed by atoms with van der Waals surface area (Å²) in [6.45, 7) is 9.49. The number of ether oxygens (including phenoxy) is 3. The molecule has 0 unspecified atom stereocenters. The molecular weight excluding hydrogens is 436 g/mol. The molecule has 34 heavy (non-hydrogen) atoms. The predicted molar refractivity (Wildman–Crippen MR) is 128 cm³/mol. The molecule has 0 spiro atoms. The SMILES string of the molecule is CC(C)(C)OC(=O)N1CCN(Cc2c(OCCOc3ccccc3)ccc3c(O)coc23)CC1. The molecule has 3 aromatic rings. The van der Waals surface area contributed by atoms with E-state index in [-0.39, 0.29) is 11.8 Å². The van der Waals surface area contributed by atoms with Gasteiger partial charge in [0.2, 0.25) is 0 Å². The molecule has 1 fully saturated rings. The number of furan rings is 1. The minimum Gasteiger partial charge on any atom is -0.504 e. The fourth-order valence-electron chi connectivity index (χ4n) is 3.88. The molecule has 1 aliphatic heterocycles. The first-order valence-corrected chi connectivity index (χ1v) is 11.5. The van der Waals surface area contributed by atoms with Crippen LogP contribution in [0.15, 0.2) is 53.1 Å². The number of nitrogens with zero attached hydrogens (tertiary/aromatic N) is 2. The van der Waals surface area contributed by atoms with Crippen molar-refractivity contribution in [2.75, 3.05) is 39.4 Å². The molecule has 4 rings (SSSR count). The van der Waals surface area contributed by atoms with E-state index in [0.717, 1.165) is 11.3 Å². The Balaban J connectivity index is 1.40. The molecule has 2 heterocycles. The van der Waals surface area contributed by atoms with E-state index in [2.05, 4.69) is 4.90 Å². The third-order valence-corrected chi connectivity index (χ3v) is 5.54. The number of amides is 1. The number of piperazine rings is 1. The van der Waals surface area contributed by atoms with Crippen molar-refractivity contribution in [3.8, 4) is 17.2 Å². The molecule has 8 heteroatoms. The standard InChI is InChI=1S/C26H32N2O6/c1-26(2,3)34-25(30)28-13-11-27(12-14-28)17-21-23(10-9-20-22(29)18-33-24(20)21)32-16-15-31-19-7-5-4-6-8-19/h4-10,18,29H,11-17H2,1-3H3. The summed E-state index contributed by atoms with van der Waals surface area (Å²) in [7, 11) is 0. The third-order valence-electron chi connectivity index (χ3n) is 5.54. The normalized spacial score (nSPS) is 14.9. The highest BCUT2D eigenvalue weighted by Crippen LogP contribution is 2.35. The minimum atomic E-state index is -0.512. The zero-order valence-electron chi connectivity index (χ0n) is 20.0. The summed E-state index contributed by atoms with van der Waals surface area (Å²) in [5.41, 5.74) is 0.957. The molecule has 8 nitrogen and oxygen atoms in total. The maximum absolute atomic E-state index is 12.4. The lowest BCUT2D eigenvalue weighted by Gasteiger charge is -2.35. The summed E-state index contributed by atoms with van der Waals surface area (Å²) < 4.78 is 23.0. The fraction of sp³-hybridized carbons (Fsp3) is 0.423. The highest BCUT2D eigenvalue weighted by atomic mass is 16.6. The van der Waals surface area contributed by atoms with Crippen LogP contribution in [0.5, 0.6) is 17.2 Å². The van der Waals surface area contributed by atoms with Gasteiger partial charge >= 0.3 is 6.09 Å². The Bertz CT molecular complexity index is 1100. The molecule has 0 atom stereocenters. The highest BCUT2D eigenvalue weighted by Gasteiger charge is 2.27. The smallest absolute Gasteiger partial charge is 0.410 e. The monoisotopic (exact) mass is 468 g/mol. The van der Waals surface area contributed by atoms with Gasteiger partial charge in [0.1, 0.15) is 42.2 Å². The number of benzene rings is 2. The molecule has 0 saturated carbocycles. The lowest BCUT2D eigenvalue weighted by atomic mass is 10.1. The van der Waals surface area contributed by atoms with Crippen molar-refractivity contribution in [1.82, 2.24) is 9.80 Å². The van der Waals surface area contributed by atoms with E-state index in [4.69, 9.17) is 18.6 Å². The summed E-state index contributed by atoms with van der Waals surface area (Å²) in [6.07, 6.45) is 1.06. The Morgan fingerprint density at radius 1 is 1.00 bits per heavy atom. The van der Waals surface area contributed by atoms with Gasteiger partial charge < -0.3 is 28.6 Å². The lowest BCUT2D eigenvalue weighted by molar-refractivity contribution is 0.0138. The number of hydrogen-bond acceptors (Lipinski definition) is 7. The van der Waals surface area contributed by atoms with E-state index in [0.29, 0.717) is 62.7 Å². The average molecular weight is 469 g/mol. The molecule has 182 valence electrons. The number of hydrogen-bond donors (Lipinski definition) is 1. The highest BCUT2D eigenvalue weighted by molar-refractivity contribution is 5.88. The van der Waals surface area contributed by atoms with Gasteiger partial charge in [0.25, 0.3) is 0 Å². The number of carbonyl (C=O) groups excluding carboxylic acids is 1. The van der Waals surface area contributed by atoms with Gasteiger partial charge in [0, 0.05) is 32.7 Å². The van der Waals surface area contributed by atoms with Crippen molar-refractivity contribution in [3.63, 3.8) is 0 Å². The molecule has 1 aliphatic rings. The first kappa shape index (κ1) is 23.8. The average Bonchev–Trinajstić information content (AvgIpc) is 3.19. The maximum atomic E-state index is 12.4. The van der Waals surface area contributed by atoms with Crippen molar-refractivity contribution >= 4 is 17.1 Å². The van der Waals surface area contributed by atoms with Gasteiger partial charge in [-0.15, -0.1) is 0 Å². The van der Waals surface area contributed by atoms with Crippen LogP contribution in [-0.2, 0) is 11.3 Å². The van der Waals surface area contributed by atoms with E-state index in [9.17, 15) is 9.90 Å². The number of fused-ring (bicyclic) bond motifs is 1. The van der Waals surface area contributed by atoms with Crippen LogP contribution in [0, 0.1) is 0 Å². The largest absolute Gasteiger partial charge is 0.504 e. The van der Waals surface area contributed by atoms with Gasteiger partial charge in [-0.05, 0) is 45.0 Å². The second-order valence-electron chi connectivity index (χ2n) is 9.29. The van der Waals surface area contributed by atoms with Crippen LogP contribution in [0.1, 0.15) is 26.3 Å². The summed E-state index contributed by atoms with van der Waals surface area (Å²) in [6, 6.07) is 13.2. The van der Waals surface area contributed by atoms with Crippen molar-refractivity contribution in [1.29, 1.82) is 0 Å². The van der Waals surface area contributed by atoms with E-state index in [1.165, 1.54) is 6.26 Å². The Morgan fingerprint density at radius 2 is 1.71 bits per heavy atom. The van der Waals surface area contributed by atoms with Crippen LogP contribution >= 0.6 is 0 Å². The number of rotatable bonds is 7. The zero-order valence-corrected chi connectivity index (χ0v) is 20.0. The number of para-hydroxylation sites is 1. The van der Waals surface area contributed by atoms with E-state index < -0.39 is 5.60 Å². The third kappa shape index (κ3) is 5.94. The molecule has 0 aliphatic carbocycles. The Labute approximate surface area is 199 Å². The van der Waals surface area contributed by atoms with Gasteiger partial charge in [-0.3, -0.25) is 4.90 Å². The number of aromatic hydroxyl groups is 1. The predicted octanol–water partition coefficient (Wildman–Crippen LogP) is 4.65. The quantitative estimate of drug-likeness (QED) is 0.505. The summed E-state index contributed by atoms with van der Waals surface area (Å²) in [4.78, 5) is 16.3. The molecule has 1 saturated heterocycles. The molecular formula is C26H32N2O6. The molecule has 0 radical (unpaired) electrons. The van der Waals surface area contributed by atoms with Crippen LogP contribution < -0.4 is 9.47 Å². The lowest BCUT2D eigenvalue weighted by Crippen LogP contribution is -2.49. The van der Waals surface area contributed by atoms with Crippen LogP contribution in [0.3, 0.4) is 0 Å². The molecule has 1 aromatic heterocycles. The van der Waals surface area contributed by atoms with Gasteiger partial charge in [-0.2, -0.15) is 0 Å². The fourth-order valence-corrected chi connectivity index (χ4v) is 3.88. The summed E-state index contributed by atoms with van der Waals surface area (Å²) in [5.74, 6) is 1.58. The molecule has 1 amide bonds. The van der Waals surface area contributed by atoms with Crippen molar-refractivity contribution in [2.45, 2.75) is 32.9 Å². The minimum absolute atomic E-state index is 0.102. The van der Waals surface area contributed by atoms with E-state index >= 15 is 0 Å². The zero-order chi connectivity index (χ0) is 24.1. The summed E-state index contributed by atoms with van der Waals surface area (Å²) >= 11 is 0. The summed E-state index contributed by atoms with van der Waals surface area (Å²) in [5, 5.41) is 10.8. The maximum Gasteiger partial charge on any atom is 0.410 e. The number of carbonyl (C=O) groups is 1. The van der Waals surface area contributed by atoms with Crippen molar-refractivity contribution in [3.05, 3.63) is 54.3 Å². The molecule has 2 aromatic carbocycles. The Morgan fingerprint density at radius 3 is 2.41 bits per heavy atom. The van der Waals surface area contributed by atoms with Crippen molar-refractivity contribution < 1.29 is 28.5 Å². The molecule has 0 bridgehead atoms. The van der Waals surface area contributed by atoms with Crippen molar-refractivity contribution in [2.24, 2.45) is 0 Å².